The number of carbonyl (C=O) groups excluding carboxylic acids is 1. The van der Waals surface area contributed by atoms with Gasteiger partial charge in [0, 0.05) is 18.1 Å². The van der Waals surface area contributed by atoms with Crippen molar-refractivity contribution in [2.45, 2.75) is 43.8 Å². The Morgan fingerprint density at radius 3 is 2.58 bits per heavy atom. The Kier molecular flexibility index (Phi) is 3.15. The maximum Gasteiger partial charge on any atom is 0.256 e. The number of nitrogens with two attached hydrogens (primary N) is 1. The molecule has 2 atom stereocenters. The molecule has 1 aromatic rings. The highest BCUT2D eigenvalue weighted by Gasteiger charge is 2.42. The fraction of sp³-hybridized carbons (Fsp3) is 0.500. The summed E-state index contributed by atoms with van der Waals surface area (Å²) in [6.07, 6.45) is 3.75. The predicted molar refractivity (Wildman–Crippen MR) is 73.3 cm³/mol. The van der Waals surface area contributed by atoms with Crippen molar-refractivity contribution in [1.29, 1.82) is 0 Å². The molecule has 4 nitrogen and oxygen atoms in total. The molecule has 2 aliphatic rings. The van der Waals surface area contributed by atoms with E-state index in [1.54, 1.807) is 6.07 Å². The quantitative estimate of drug-likeness (QED) is 0.828. The monoisotopic (exact) mass is 280 g/mol. The van der Waals surface area contributed by atoms with E-state index >= 15 is 0 Å². The van der Waals surface area contributed by atoms with Crippen molar-refractivity contribution >= 4 is 17.5 Å². The average molecular weight is 281 g/mol. The maximum atomic E-state index is 12.6. The van der Waals surface area contributed by atoms with Crippen molar-refractivity contribution in [3.63, 3.8) is 0 Å². The average Bonchev–Trinajstić information content (AvgIpc) is 2.64. The molecule has 2 fully saturated rings. The van der Waals surface area contributed by atoms with E-state index in [4.69, 9.17) is 17.3 Å². The third-order valence-corrected chi connectivity index (χ3v) is 4.51. The SMILES string of the molecule is NC1CC2CCC(C1)N2C(=O)c1cc(O)ccc1Cl. The zero-order valence-electron chi connectivity index (χ0n) is 10.6. The van der Waals surface area contributed by atoms with Crippen LogP contribution in [0.4, 0.5) is 0 Å². The van der Waals surface area contributed by atoms with E-state index in [2.05, 4.69) is 0 Å². The van der Waals surface area contributed by atoms with Crippen LogP contribution in [0.2, 0.25) is 5.02 Å². The highest BCUT2D eigenvalue weighted by Crippen LogP contribution is 2.37. The summed E-state index contributed by atoms with van der Waals surface area (Å²) in [5.41, 5.74) is 6.39. The summed E-state index contributed by atoms with van der Waals surface area (Å²) in [7, 11) is 0. The first-order chi connectivity index (χ1) is 9.06. The second-order valence-electron chi connectivity index (χ2n) is 5.49. The number of amides is 1. The molecule has 2 bridgehead atoms. The first-order valence-electron chi connectivity index (χ1n) is 6.63. The second kappa shape index (κ2) is 4.69. The van der Waals surface area contributed by atoms with Crippen molar-refractivity contribution in [2.24, 2.45) is 5.73 Å². The molecule has 0 aromatic heterocycles. The standard InChI is InChI=1S/C14H17ClN2O2/c15-13-4-3-11(18)7-12(13)14(19)17-9-1-2-10(17)6-8(16)5-9/h3-4,7-10,18H,1-2,5-6,16H2. The van der Waals surface area contributed by atoms with E-state index < -0.39 is 0 Å². The van der Waals surface area contributed by atoms with E-state index in [0.717, 1.165) is 25.7 Å². The number of carbonyl (C=O) groups is 1. The second-order valence-corrected chi connectivity index (χ2v) is 5.90. The molecule has 0 radical (unpaired) electrons. The predicted octanol–water partition coefficient (Wildman–Crippen LogP) is 2.14. The number of rotatable bonds is 1. The first kappa shape index (κ1) is 12.8. The Bertz CT molecular complexity index is 506. The summed E-state index contributed by atoms with van der Waals surface area (Å²) >= 11 is 6.07. The van der Waals surface area contributed by atoms with Crippen LogP contribution in [-0.4, -0.2) is 34.0 Å². The zero-order chi connectivity index (χ0) is 13.6. The van der Waals surface area contributed by atoms with Gasteiger partial charge in [0.15, 0.2) is 0 Å². The summed E-state index contributed by atoms with van der Waals surface area (Å²) in [5, 5.41) is 9.91. The summed E-state index contributed by atoms with van der Waals surface area (Å²) < 4.78 is 0. The highest BCUT2D eigenvalue weighted by atomic mass is 35.5. The van der Waals surface area contributed by atoms with Gasteiger partial charge in [0.05, 0.1) is 10.6 Å². The van der Waals surface area contributed by atoms with Gasteiger partial charge in [-0.15, -0.1) is 0 Å². The molecule has 0 spiro atoms. The van der Waals surface area contributed by atoms with E-state index in [0.29, 0.717) is 10.6 Å². The fourth-order valence-electron chi connectivity index (χ4n) is 3.37. The Hall–Kier alpha value is -1.26. The number of halogens is 1. The van der Waals surface area contributed by atoms with Crippen molar-refractivity contribution < 1.29 is 9.90 Å². The first-order valence-corrected chi connectivity index (χ1v) is 7.01. The Balaban J connectivity index is 1.90. The summed E-state index contributed by atoms with van der Waals surface area (Å²) in [5.74, 6) is -0.0193. The lowest BCUT2D eigenvalue weighted by Crippen LogP contribution is -2.50. The van der Waals surface area contributed by atoms with Crippen molar-refractivity contribution in [2.75, 3.05) is 0 Å². The van der Waals surface area contributed by atoms with Crippen LogP contribution in [0.3, 0.4) is 0 Å². The van der Waals surface area contributed by atoms with Crippen LogP contribution in [0.1, 0.15) is 36.0 Å². The van der Waals surface area contributed by atoms with Gasteiger partial charge in [-0.3, -0.25) is 4.79 Å². The van der Waals surface area contributed by atoms with E-state index in [1.165, 1.54) is 12.1 Å². The summed E-state index contributed by atoms with van der Waals surface area (Å²) in [4.78, 5) is 14.6. The zero-order valence-corrected chi connectivity index (χ0v) is 11.3. The number of benzene rings is 1. The molecule has 3 rings (SSSR count). The minimum absolute atomic E-state index is 0.0637. The number of aromatic hydroxyl groups is 1. The number of phenolic OH excluding ortho intramolecular Hbond substituents is 1. The topological polar surface area (TPSA) is 66.6 Å². The molecule has 2 saturated heterocycles. The van der Waals surface area contributed by atoms with Gasteiger partial charge in [-0.25, -0.2) is 0 Å². The molecule has 1 amide bonds. The molecule has 2 aliphatic heterocycles. The van der Waals surface area contributed by atoms with Crippen LogP contribution in [0.15, 0.2) is 18.2 Å². The van der Waals surface area contributed by atoms with Crippen LogP contribution in [0.25, 0.3) is 0 Å². The van der Waals surface area contributed by atoms with Crippen LogP contribution in [0.5, 0.6) is 5.75 Å². The smallest absolute Gasteiger partial charge is 0.256 e. The Morgan fingerprint density at radius 2 is 1.95 bits per heavy atom. The van der Waals surface area contributed by atoms with Gasteiger partial charge < -0.3 is 15.7 Å². The van der Waals surface area contributed by atoms with Crippen molar-refractivity contribution in [3.05, 3.63) is 28.8 Å². The van der Waals surface area contributed by atoms with Crippen molar-refractivity contribution in [1.82, 2.24) is 4.90 Å². The third-order valence-electron chi connectivity index (χ3n) is 4.18. The maximum absolute atomic E-state index is 12.6. The molecule has 5 heteroatoms. The molecule has 2 heterocycles. The molecule has 0 saturated carbocycles. The minimum atomic E-state index is -0.0831. The summed E-state index contributed by atoms with van der Waals surface area (Å²) in [6.45, 7) is 0. The molecule has 2 unspecified atom stereocenters. The van der Waals surface area contributed by atoms with Gasteiger partial charge in [-0.05, 0) is 43.9 Å². The Labute approximate surface area is 117 Å². The molecule has 19 heavy (non-hydrogen) atoms. The number of nitrogens with zero attached hydrogens (tertiary/aromatic N) is 1. The number of phenols is 1. The molecular weight excluding hydrogens is 264 g/mol. The van der Waals surface area contributed by atoms with Gasteiger partial charge in [-0.2, -0.15) is 0 Å². The number of piperidine rings is 1. The van der Waals surface area contributed by atoms with E-state index in [1.807, 2.05) is 4.90 Å². The number of hydrogen-bond donors (Lipinski definition) is 2. The van der Waals surface area contributed by atoms with Gasteiger partial charge in [-0.1, -0.05) is 11.6 Å². The van der Waals surface area contributed by atoms with Crippen LogP contribution in [-0.2, 0) is 0 Å². The van der Waals surface area contributed by atoms with Crippen LogP contribution >= 0.6 is 11.6 Å². The van der Waals surface area contributed by atoms with E-state index in [-0.39, 0.29) is 29.8 Å². The van der Waals surface area contributed by atoms with Crippen LogP contribution in [0, 0.1) is 0 Å². The van der Waals surface area contributed by atoms with Crippen LogP contribution < -0.4 is 5.73 Å². The lowest BCUT2D eigenvalue weighted by Gasteiger charge is -2.37. The molecule has 102 valence electrons. The minimum Gasteiger partial charge on any atom is -0.508 e. The fourth-order valence-corrected chi connectivity index (χ4v) is 3.57. The van der Waals surface area contributed by atoms with Gasteiger partial charge in [0.2, 0.25) is 0 Å². The molecule has 1 aromatic carbocycles. The largest absolute Gasteiger partial charge is 0.508 e. The van der Waals surface area contributed by atoms with Gasteiger partial charge >= 0.3 is 0 Å². The molecular formula is C14H17ClN2O2. The number of fused-ring (bicyclic) bond motifs is 2. The Morgan fingerprint density at radius 1 is 1.32 bits per heavy atom. The summed E-state index contributed by atoms with van der Waals surface area (Å²) in [6, 6.07) is 5.13. The highest BCUT2D eigenvalue weighted by molar-refractivity contribution is 6.33. The number of hydrogen-bond acceptors (Lipinski definition) is 3. The third kappa shape index (κ3) is 2.19. The molecule has 0 aliphatic carbocycles. The lowest BCUT2D eigenvalue weighted by molar-refractivity contribution is 0.0575. The molecule has 3 N–H and O–H groups in total. The lowest BCUT2D eigenvalue weighted by atomic mass is 9.97. The normalized spacial score (nSPS) is 29.6. The van der Waals surface area contributed by atoms with Crippen molar-refractivity contribution in [3.8, 4) is 5.75 Å². The van der Waals surface area contributed by atoms with Gasteiger partial charge in [0.1, 0.15) is 5.75 Å². The van der Waals surface area contributed by atoms with Gasteiger partial charge in [0.25, 0.3) is 5.91 Å². The van der Waals surface area contributed by atoms with E-state index in [9.17, 15) is 9.90 Å².